The molecule has 1 unspecified atom stereocenters. The average Bonchev–Trinajstić information content (AvgIpc) is 3.44. The Morgan fingerprint density at radius 2 is 1.58 bits per heavy atom. The molecule has 0 radical (unpaired) electrons. The lowest BCUT2D eigenvalue weighted by atomic mass is 9.58. The number of benzene rings is 3. The van der Waals surface area contributed by atoms with Crippen molar-refractivity contribution in [1.82, 2.24) is 15.0 Å². The quantitative estimate of drug-likeness (QED) is 0.252. The van der Waals surface area contributed by atoms with Crippen LogP contribution in [-0.2, 0) is 11.0 Å². The highest BCUT2D eigenvalue weighted by molar-refractivity contribution is 5.94. The lowest BCUT2D eigenvalue weighted by molar-refractivity contribution is -0.768. The summed E-state index contributed by atoms with van der Waals surface area (Å²) in [5, 5.41) is 11.5. The Labute approximate surface area is 213 Å². The number of rotatable bonds is 5. The minimum Gasteiger partial charge on any atom is -0.220 e. The first-order valence-electron chi connectivity index (χ1n) is 13.1. The summed E-state index contributed by atoms with van der Waals surface area (Å²) in [4.78, 5) is 0. The zero-order chi connectivity index (χ0) is 24.9. The Morgan fingerprint density at radius 1 is 0.833 bits per heavy atom. The van der Waals surface area contributed by atoms with Crippen LogP contribution in [0.1, 0.15) is 52.5 Å². The van der Waals surface area contributed by atoms with Gasteiger partial charge in [-0.05, 0) is 42.5 Å². The molecular formula is C32H33N4+. The minimum atomic E-state index is 0.00204. The normalized spacial score (nSPS) is 18.1. The molecule has 0 N–H and O–H groups in total. The molecule has 2 aromatic heterocycles. The molecule has 0 amide bonds. The van der Waals surface area contributed by atoms with Crippen LogP contribution in [0, 0.1) is 0 Å². The molecule has 0 saturated carbocycles. The summed E-state index contributed by atoms with van der Waals surface area (Å²) >= 11 is 0. The van der Waals surface area contributed by atoms with Crippen LogP contribution < -0.4 is 4.57 Å². The fraction of sp³-hybridized carbons (Fsp3) is 0.281. The Bertz CT molecular complexity index is 1560. The highest BCUT2D eigenvalue weighted by Gasteiger charge is 2.58. The van der Waals surface area contributed by atoms with E-state index in [4.69, 9.17) is 0 Å². The van der Waals surface area contributed by atoms with Crippen LogP contribution in [-0.4, -0.2) is 15.0 Å². The van der Waals surface area contributed by atoms with E-state index in [1.54, 1.807) is 0 Å². The van der Waals surface area contributed by atoms with E-state index >= 15 is 0 Å². The number of aromatic nitrogens is 4. The van der Waals surface area contributed by atoms with Crippen LogP contribution >= 0.6 is 0 Å². The van der Waals surface area contributed by atoms with Gasteiger partial charge in [-0.1, -0.05) is 80.6 Å². The fourth-order valence-corrected chi connectivity index (χ4v) is 6.74. The van der Waals surface area contributed by atoms with Crippen molar-refractivity contribution < 1.29 is 4.57 Å². The van der Waals surface area contributed by atoms with Crippen LogP contribution in [0.3, 0.4) is 0 Å². The molecule has 180 valence electrons. The van der Waals surface area contributed by atoms with Crippen molar-refractivity contribution in [3.8, 4) is 28.2 Å². The van der Waals surface area contributed by atoms with Gasteiger partial charge in [0.15, 0.2) is 11.7 Å². The molecule has 1 aliphatic heterocycles. The largest absolute Gasteiger partial charge is 0.221 e. The van der Waals surface area contributed by atoms with Gasteiger partial charge in [-0.2, -0.15) is 4.57 Å². The van der Waals surface area contributed by atoms with Gasteiger partial charge >= 0.3 is 0 Å². The molecule has 0 fully saturated rings. The summed E-state index contributed by atoms with van der Waals surface area (Å²) in [5.41, 5.74) is 7.02. The lowest BCUT2D eigenvalue weighted by Gasteiger charge is -2.48. The zero-order valence-electron chi connectivity index (χ0n) is 21.6. The number of pyridine rings is 1. The van der Waals surface area contributed by atoms with E-state index in [-0.39, 0.29) is 11.0 Å². The molecule has 6 rings (SSSR count). The van der Waals surface area contributed by atoms with Gasteiger partial charge in [-0.25, -0.2) is 4.68 Å². The number of fused-ring (bicyclic) bond motifs is 5. The van der Waals surface area contributed by atoms with Gasteiger partial charge in [0.1, 0.15) is 5.69 Å². The van der Waals surface area contributed by atoms with E-state index in [9.17, 15) is 0 Å². The summed E-state index contributed by atoms with van der Waals surface area (Å²) in [6.45, 7) is 9.51. The molecule has 3 heterocycles. The SMILES string of the molecule is CCC1(C)c2ccc(-n3cc(-c4ccccc4)nn3)cc2-c2c3ccccc3cc[n+]2C1(CC)CC. The summed E-state index contributed by atoms with van der Waals surface area (Å²) < 4.78 is 4.50. The Hall–Kier alpha value is -3.79. The highest BCUT2D eigenvalue weighted by Crippen LogP contribution is 2.52. The van der Waals surface area contributed by atoms with E-state index < -0.39 is 0 Å². The number of nitrogens with zero attached hydrogens (tertiary/aromatic N) is 4. The van der Waals surface area contributed by atoms with Gasteiger partial charge in [0, 0.05) is 24.5 Å². The van der Waals surface area contributed by atoms with Crippen molar-refractivity contribution in [3.63, 3.8) is 0 Å². The summed E-state index contributed by atoms with van der Waals surface area (Å²) in [6, 6.07) is 28.2. The molecule has 1 aliphatic rings. The Balaban J connectivity index is 1.62. The Morgan fingerprint density at radius 3 is 2.33 bits per heavy atom. The van der Waals surface area contributed by atoms with Crippen molar-refractivity contribution in [2.45, 2.75) is 57.9 Å². The van der Waals surface area contributed by atoms with E-state index in [1.807, 2.05) is 29.1 Å². The molecular weight excluding hydrogens is 440 g/mol. The molecule has 0 bridgehead atoms. The first kappa shape index (κ1) is 22.7. The number of hydrogen-bond donors (Lipinski definition) is 0. The van der Waals surface area contributed by atoms with Crippen molar-refractivity contribution in [1.29, 1.82) is 0 Å². The first-order valence-corrected chi connectivity index (χ1v) is 13.1. The second kappa shape index (κ2) is 8.41. The van der Waals surface area contributed by atoms with Crippen LogP contribution in [0.2, 0.25) is 0 Å². The van der Waals surface area contributed by atoms with Crippen molar-refractivity contribution in [2.75, 3.05) is 0 Å². The van der Waals surface area contributed by atoms with Gasteiger partial charge in [-0.15, -0.1) is 5.10 Å². The zero-order valence-corrected chi connectivity index (χ0v) is 21.6. The van der Waals surface area contributed by atoms with E-state index in [1.165, 1.54) is 27.6 Å². The molecule has 0 spiro atoms. The van der Waals surface area contributed by atoms with E-state index in [0.29, 0.717) is 0 Å². The summed E-state index contributed by atoms with van der Waals surface area (Å²) in [6.07, 6.45) is 7.58. The average molecular weight is 474 g/mol. The van der Waals surface area contributed by atoms with Crippen molar-refractivity contribution >= 4 is 10.8 Å². The van der Waals surface area contributed by atoms with Crippen LogP contribution in [0.4, 0.5) is 0 Å². The van der Waals surface area contributed by atoms with Crippen LogP contribution in [0.25, 0.3) is 39.0 Å². The third-order valence-electron chi connectivity index (χ3n) is 8.91. The predicted octanol–water partition coefficient (Wildman–Crippen LogP) is 7.24. The molecule has 5 aromatic rings. The van der Waals surface area contributed by atoms with Gasteiger partial charge < -0.3 is 0 Å². The molecule has 3 aromatic carbocycles. The van der Waals surface area contributed by atoms with Gasteiger partial charge in [0.25, 0.3) is 0 Å². The molecule has 0 saturated heterocycles. The molecule has 36 heavy (non-hydrogen) atoms. The lowest BCUT2D eigenvalue weighted by Crippen LogP contribution is -2.68. The van der Waals surface area contributed by atoms with Crippen LogP contribution in [0.15, 0.2) is 91.3 Å². The standard InChI is InChI=1S/C32H33N4/c1-5-31(4)28-18-17-25(36-22-29(33-34-36)24-14-9-8-10-15-24)21-27(28)30-26-16-12-11-13-23(26)19-20-35(30)32(31,6-2)7-3/h8-22H,5-7H2,1-4H3/q+1. The smallest absolute Gasteiger partial charge is 0.220 e. The maximum absolute atomic E-state index is 4.51. The van der Waals surface area contributed by atoms with Gasteiger partial charge in [0.2, 0.25) is 5.69 Å². The molecule has 4 nitrogen and oxygen atoms in total. The maximum Gasteiger partial charge on any atom is 0.221 e. The summed E-state index contributed by atoms with van der Waals surface area (Å²) in [7, 11) is 0. The summed E-state index contributed by atoms with van der Waals surface area (Å²) in [5.74, 6) is 0. The molecule has 0 aliphatic carbocycles. The minimum absolute atomic E-state index is 0.00204. The monoisotopic (exact) mass is 473 g/mol. The topological polar surface area (TPSA) is 34.6 Å². The molecule has 4 heteroatoms. The third-order valence-corrected chi connectivity index (χ3v) is 8.91. The fourth-order valence-electron chi connectivity index (χ4n) is 6.74. The van der Waals surface area contributed by atoms with E-state index in [0.717, 1.165) is 36.2 Å². The molecule has 1 atom stereocenters. The maximum atomic E-state index is 4.51. The van der Waals surface area contributed by atoms with Crippen molar-refractivity contribution in [3.05, 3.63) is 96.8 Å². The second-order valence-electron chi connectivity index (χ2n) is 10.2. The third kappa shape index (κ3) is 3.03. The van der Waals surface area contributed by atoms with E-state index in [2.05, 4.69) is 109 Å². The number of hydrogen-bond acceptors (Lipinski definition) is 2. The van der Waals surface area contributed by atoms with Gasteiger partial charge in [-0.3, -0.25) is 0 Å². The second-order valence-corrected chi connectivity index (χ2v) is 10.2. The highest BCUT2D eigenvalue weighted by atomic mass is 15.4. The van der Waals surface area contributed by atoms with Gasteiger partial charge in [0.05, 0.1) is 28.2 Å². The Kier molecular flexibility index (Phi) is 5.29. The van der Waals surface area contributed by atoms with Crippen molar-refractivity contribution in [2.24, 2.45) is 0 Å². The predicted molar refractivity (Wildman–Crippen MR) is 146 cm³/mol. The first-order chi connectivity index (χ1) is 17.6. The van der Waals surface area contributed by atoms with Crippen LogP contribution in [0.5, 0.6) is 0 Å².